The topological polar surface area (TPSA) is 88.8 Å². The van der Waals surface area contributed by atoms with Crippen molar-refractivity contribution in [3.8, 4) is 22.3 Å². The molecular weight excluding hydrogens is 442 g/mol. The summed E-state index contributed by atoms with van der Waals surface area (Å²) in [6.07, 6.45) is 1.91. The van der Waals surface area contributed by atoms with Crippen molar-refractivity contribution in [1.29, 1.82) is 0 Å². The summed E-state index contributed by atoms with van der Waals surface area (Å²) in [7, 11) is 0. The highest BCUT2D eigenvalue weighted by Crippen LogP contribution is 2.48. The van der Waals surface area contributed by atoms with Gasteiger partial charge < -0.3 is 14.3 Å². The van der Waals surface area contributed by atoms with Gasteiger partial charge in [0.05, 0.1) is 11.7 Å². The van der Waals surface area contributed by atoms with Crippen LogP contribution in [0, 0.1) is 0 Å². The molecule has 1 aliphatic rings. The minimum absolute atomic E-state index is 0.316. The summed E-state index contributed by atoms with van der Waals surface area (Å²) in [4.78, 5) is 24.0. The van der Waals surface area contributed by atoms with Crippen LogP contribution in [0.5, 0.6) is 0 Å². The highest BCUT2D eigenvalue weighted by Gasteiger charge is 2.51. The molecule has 176 valence electrons. The Kier molecular flexibility index (Phi) is 5.87. The molecule has 0 saturated heterocycles. The minimum Gasteiger partial charge on any atom is -0.481 e. The van der Waals surface area contributed by atoms with E-state index in [1.165, 1.54) is 6.26 Å². The van der Waals surface area contributed by atoms with Gasteiger partial charge in [-0.15, -0.1) is 0 Å². The number of benzene rings is 3. The maximum Gasteiger partial charge on any atom is 0.414 e. The van der Waals surface area contributed by atoms with Gasteiger partial charge in [0, 0.05) is 5.56 Å². The zero-order valence-electron chi connectivity index (χ0n) is 19.2. The molecule has 0 aliphatic heterocycles. The summed E-state index contributed by atoms with van der Waals surface area (Å²) >= 11 is 0. The third-order valence-corrected chi connectivity index (χ3v) is 6.56. The number of ether oxygens (including phenoxy) is 1. The molecule has 2 N–H and O–H groups in total. The molecular formula is C29H25NO5. The zero-order chi connectivity index (χ0) is 24.4. The maximum atomic E-state index is 12.4. The van der Waals surface area contributed by atoms with Crippen LogP contribution in [0.4, 0.5) is 10.7 Å². The number of aliphatic carboxylic acids is 1. The number of carboxylic acids is 1. The second-order valence-electron chi connectivity index (χ2n) is 8.79. The number of amides is 1. The van der Waals surface area contributed by atoms with Crippen LogP contribution in [0.25, 0.3) is 22.3 Å². The smallest absolute Gasteiger partial charge is 0.414 e. The van der Waals surface area contributed by atoms with Gasteiger partial charge >= 0.3 is 12.1 Å². The van der Waals surface area contributed by atoms with E-state index in [-0.39, 0.29) is 0 Å². The number of furan rings is 1. The van der Waals surface area contributed by atoms with Gasteiger partial charge in [-0.2, -0.15) is 0 Å². The van der Waals surface area contributed by atoms with Gasteiger partial charge in [-0.25, -0.2) is 4.79 Å². The molecule has 35 heavy (non-hydrogen) atoms. The fraction of sp³-hybridized carbons (Fsp3) is 0.172. The minimum atomic E-state index is -0.752. The van der Waals surface area contributed by atoms with Crippen molar-refractivity contribution >= 4 is 17.9 Å². The lowest BCUT2D eigenvalue weighted by Gasteiger charge is -2.14. The average molecular weight is 468 g/mol. The molecule has 4 aromatic rings. The van der Waals surface area contributed by atoms with E-state index in [4.69, 9.17) is 9.15 Å². The molecule has 1 atom stereocenters. The first-order chi connectivity index (χ1) is 17.0. The Labute approximate surface area is 203 Å². The Balaban J connectivity index is 1.27. The van der Waals surface area contributed by atoms with E-state index in [1.54, 1.807) is 6.07 Å². The molecule has 1 heterocycles. The molecule has 5 rings (SSSR count). The SMILES string of the molecule is CC(OC(=O)Nc1occc1-c1ccc(-c2ccc(C3(C(=O)O)CC3)cc2)cc1)c1ccccc1. The quantitative estimate of drug-likeness (QED) is 0.304. The van der Waals surface area contributed by atoms with Crippen LogP contribution >= 0.6 is 0 Å². The number of carbonyl (C=O) groups is 2. The molecule has 6 nitrogen and oxygen atoms in total. The highest BCUT2D eigenvalue weighted by molar-refractivity contribution is 5.89. The number of rotatable bonds is 7. The van der Waals surface area contributed by atoms with Crippen LogP contribution < -0.4 is 5.32 Å². The number of hydrogen-bond acceptors (Lipinski definition) is 4. The molecule has 1 unspecified atom stereocenters. The van der Waals surface area contributed by atoms with Crippen molar-refractivity contribution in [2.45, 2.75) is 31.3 Å². The van der Waals surface area contributed by atoms with E-state index in [0.29, 0.717) is 18.7 Å². The van der Waals surface area contributed by atoms with Crippen molar-refractivity contribution in [3.63, 3.8) is 0 Å². The summed E-state index contributed by atoms with van der Waals surface area (Å²) in [6.45, 7) is 1.81. The molecule has 1 amide bonds. The Hall–Kier alpha value is -4.32. The van der Waals surface area contributed by atoms with Crippen LogP contribution in [0.3, 0.4) is 0 Å². The fourth-order valence-corrected chi connectivity index (χ4v) is 4.28. The van der Waals surface area contributed by atoms with Crippen LogP contribution in [-0.2, 0) is 14.9 Å². The number of hydrogen-bond donors (Lipinski definition) is 2. The second kappa shape index (κ2) is 9.14. The largest absolute Gasteiger partial charge is 0.481 e. The number of carbonyl (C=O) groups excluding carboxylic acids is 1. The molecule has 0 spiro atoms. The van der Waals surface area contributed by atoms with E-state index < -0.39 is 23.6 Å². The number of nitrogens with one attached hydrogen (secondary N) is 1. The fourth-order valence-electron chi connectivity index (χ4n) is 4.28. The Morgan fingerprint density at radius 2 is 1.49 bits per heavy atom. The maximum absolute atomic E-state index is 12.4. The van der Waals surface area contributed by atoms with E-state index >= 15 is 0 Å². The monoisotopic (exact) mass is 467 g/mol. The van der Waals surface area contributed by atoms with Gasteiger partial charge in [0.25, 0.3) is 0 Å². The molecule has 3 aromatic carbocycles. The van der Waals surface area contributed by atoms with E-state index in [9.17, 15) is 14.7 Å². The predicted molar refractivity (Wildman–Crippen MR) is 133 cm³/mol. The normalized spacial score (nSPS) is 14.7. The van der Waals surface area contributed by atoms with Gasteiger partial charge in [0.2, 0.25) is 5.88 Å². The van der Waals surface area contributed by atoms with Gasteiger partial charge in [-0.1, -0.05) is 78.9 Å². The lowest BCUT2D eigenvalue weighted by Crippen LogP contribution is -2.19. The summed E-state index contributed by atoms with van der Waals surface area (Å²) in [5, 5.41) is 12.2. The first-order valence-corrected chi connectivity index (χ1v) is 11.5. The lowest BCUT2D eigenvalue weighted by molar-refractivity contribution is -0.140. The number of carboxylic acid groups (broad SMARTS) is 1. The number of anilines is 1. The summed E-state index contributed by atoms with van der Waals surface area (Å²) in [5.41, 5.74) is 4.70. The molecule has 1 saturated carbocycles. The first kappa shape index (κ1) is 22.5. The Morgan fingerprint density at radius 1 is 0.886 bits per heavy atom. The van der Waals surface area contributed by atoms with Crippen LogP contribution in [0.1, 0.15) is 37.0 Å². The Morgan fingerprint density at radius 3 is 2.09 bits per heavy atom. The van der Waals surface area contributed by atoms with Crippen molar-refractivity contribution < 1.29 is 23.8 Å². The molecule has 1 aliphatic carbocycles. The van der Waals surface area contributed by atoms with Crippen LogP contribution in [-0.4, -0.2) is 17.2 Å². The molecule has 0 radical (unpaired) electrons. The molecule has 6 heteroatoms. The summed E-state index contributed by atoms with van der Waals surface area (Å²) < 4.78 is 11.0. The molecule has 1 aromatic heterocycles. The predicted octanol–water partition coefficient (Wildman–Crippen LogP) is 7.04. The standard InChI is InChI=1S/C29H25NO5/c1-19(20-5-3-2-4-6-20)35-28(33)30-26-25(15-18-34-26)23-9-7-21(8-10-23)22-11-13-24(14-12-22)29(16-17-29)27(31)32/h2-15,18-19H,16-17H2,1H3,(H,30,33)(H,31,32). The Bertz CT molecular complexity index is 1340. The van der Waals surface area contributed by atoms with Gasteiger partial charge in [0.15, 0.2) is 0 Å². The van der Waals surface area contributed by atoms with Gasteiger partial charge in [-0.05, 0) is 53.6 Å². The van der Waals surface area contributed by atoms with Gasteiger partial charge in [-0.3, -0.25) is 10.1 Å². The summed E-state index contributed by atoms with van der Waals surface area (Å²) in [5.74, 6) is -0.437. The van der Waals surface area contributed by atoms with Gasteiger partial charge in [0.1, 0.15) is 6.10 Å². The molecule has 1 fully saturated rings. The van der Waals surface area contributed by atoms with Crippen LogP contribution in [0.2, 0.25) is 0 Å². The second-order valence-corrected chi connectivity index (χ2v) is 8.79. The summed E-state index contributed by atoms with van der Waals surface area (Å²) in [6, 6.07) is 26.9. The van der Waals surface area contributed by atoms with Crippen molar-refractivity contribution in [3.05, 3.63) is 102 Å². The third kappa shape index (κ3) is 4.55. The van der Waals surface area contributed by atoms with E-state index in [1.807, 2.05) is 85.8 Å². The van der Waals surface area contributed by atoms with Crippen molar-refractivity contribution in [1.82, 2.24) is 0 Å². The molecule has 0 bridgehead atoms. The van der Waals surface area contributed by atoms with E-state index in [2.05, 4.69) is 5.32 Å². The third-order valence-electron chi connectivity index (χ3n) is 6.56. The van der Waals surface area contributed by atoms with Crippen molar-refractivity contribution in [2.75, 3.05) is 5.32 Å². The lowest BCUT2D eigenvalue weighted by atomic mass is 9.93. The first-order valence-electron chi connectivity index (χ1n) is 11.5. The zero-order valence-corrected chi connectivity index (χ0v) is 19.2. The van der Waals surface area contributed by atoms with E-state index in [0.717, 1.165) is 33.4 Å². The highest BCUT2D eigenvalue weighted by atomic mass is 16.6. The van der Waals surface area contributed by atoms with Crippen molar-refractivity contribution in [2.24, 2.45) is 0 Å². The van der Waals surface area contributed by atoms with Crippen LogP contribution in [0.15, 0.2) is 95.6 Å². The average Bonchev–Trinajstić information content (AvgIpc) is 3.58.